The van der Waals surface area contributed by atoms with Gasteiger partial charge in [-0.15, -0.1) is 0 Å². The Labute approximate surface area is 83.8 Å². The van der Waals surface area contributed by atoms with Crippen LogP contribution in [0.2, 0.25) is 0 Å². The van der Waals surface area contributed by atoms with Gasteiger partial charge in [0.25, 0.3) is 0 Å². The zero-order chi connectivity index (χ0) is 10.7. The standard InChI is InChI=1S/C9H13BN2O2/c1-5(2)12-8-7(10)3-6(4-11-8)9(13)14/h3-5H,10H2,1-2H3,(H,11,12)(H,13,14). The number of nitrogens with zero attached hydrogens (tertiary/aromatic N) is 1. The molecule has 0 unspecified atom stereocenters. The number of carbonyl (C=O) groups is 1. The lowest BCUT2D eigenvalue weighted by Gasteiger charge is -2.11. The minimum atomic E-state index is -0.948. The van der Waals surface area contributed by atoms with Gasteiger partial charge in [0.15, 0.2) is 0 Å². The van der Waals surface area contributed by atoms with Crippen LogP contribution in [0, 0.1) is 0 Å². The topological polar surface area (TPSA) is 62.2 Å². The summed E-state index contributed by atoms with van der Waals surface area (Å²) in [6.07, 6.45) is 1.36. The van der Waals surface area contributed by atoms with E-state index < -0.39 is 5.97 Å². The summed E-state index contributed by atoms with van der Waals surface area (Å²) in [5.74, 6) is -0.207. The molecule has 0 atom stereocenters. The highest BCUT2D eigenvalue weighted by Crippen LogP contribution is 2.02. The molecule has 0 fully saturated rings. The number of carboxylic acids is 1. The molecule has 0 aromatic carbocycles. The molecular formula is C9H13BN2O2. The van der Waals surface area contributed by atoms with E-state index in [9.17, 15) is 4.79 Å². The fourth-order valence-electron chi connectivity index (χ4n) is 1.12. The number of nitrogens with one attached hydrogen (secondary N) is 1. The van der Waals surface area contributed by atoms with Crippen LogP contribution in [0.5, 0.6) is 0 Å². The van der Waals surface area contributed by atoms with Gasteiger partial charge in [0.05, 0.1) is 5.56 Å². The second-order valence-corrected chi connectivity index (χ2v) is 3.49. The molecule has 14 heavy (non-hydrogen) atoms. The maximum Gasteiger partial charge on any atom is 0.337 e. The van der Waals surface area contributed by atoms with Gasteiger partial charge in [-0.05, 0) is 25.4 Å². The van der Waals surface area contributed by atoms with Crippen molar-refractivity contribution < 1.29 is 9.90 Å². The minimum Gasteiger partial charge on any atom is -0.478 e. The van der Waals surface area contributed by atoms with E-state index in [1.165, 1.54) is 6.20 Å². The summed E-state index contributed by atoms with van der Waals surface area (Å²) in [4.78, 5) is 14.7. The Balaban J connectivity index is 2.95. The molecule has 0 amide bonds. The van der Waals surface area contributed by atoms with E-state index in [1.54, 1.807) is 6.07 Å². The number of aromatic nitrogens is 1. The first kappa shape index (κ1) is 10.6. The second kappa shape index (κ2) is 4.13. The zero-order valence-electron chi connectivity index (χ0n) is 8.53. The van der Waals surface area contributed by atoms with Gasteiger partial charge in [-0.2, -0.15) is 0 Å². The summed E-state index contributed by atoms with van der Waals surface area (Å²) in [6.45, 7) is 4.01. The number of pyridine rings is 1. The smallest absolute Gasteiger partial charge is 0.337 e. The average molecular weight is 192 g/mol. The van der Waals surface area contributed by atoms with Crippen molar-refractivity contribution in [2.75, 3.05) is 5.32 Å². The summed E-state index contributed by atoms with van der Waals surface area (Å²) in [7, 11) is 1.84. The lowest BCUT2D eigenvalue weighted by molar-refractivity contribution is 0.0696. The molecule has 0 aliphatic carbocycles. The molecule has 1 heterocycles. The first-order chi connectivity index (χ1) is 6.50. The molecular weight excluding hydrogens is 179 g/mol. The zero-order valence-corrected chi connectivity index (χ0v) is 8.53. The largest absolute Gasteiger partial charge is 0.478 e. The summed E-state index contributed by atoms with van der Waals surface area (Å²) >= 11 is 0. The van der Waals surface area contributed by atoms with Crippen molar-refractivity contribution in [1.29, 1.82) is 0 Å². The summed E-state index contributed by atoms with van der Waals surface area (Å²) < 4.78 is 0. The highest BCUT2D eigenvalue weighted by atomic mass is 16.4. The maximum absolute atomic E-state index is 10.6. The van der Waals surface area contributed by atoms with Gasteiger partial charge in [-0.25, -0.2) is 9.78 Å². The SMILES string of the molecule is Bc1cc(C(=O)O)cnc1NC(C)C. The first-order valence-corrected chi connectivity index (χ1v) is 4.47. The van der Waals surface area contributed by atoms with Crippen LogP contribution in [0.15, 0.2) is 12.3 Å². The molecule has 0 saturated carbocycles. The van der Waals surface area contributed by atoms with Crippen molar-refractivity contribution in [2.45, 2.75) is 19.9 Å². The van der Waals surface area contributed by atoms with Crippen molar-refractivity contribution >= 4 is 25.1 Å². The Morgan fingerprint density at radius 2 is 2.29 bits per heavy atom. The third kappa shape index (κ3) is 2.48. The van der Waals surface area contributed by atoms with E-state index in [-0.39, 0.29) is 11.6 Å². The van der Waals surface area contributed by atoms with Crippen LogP contribution in [0.25, 0.3) is 0 Å². The molecule has 1 aromatic rings. The van der Waals surface area contributed by atoms with E-state index in [0.717, 1.165) is 11.3 Å². The maximum atomic E-state index is 10.6. The van der Waals surface area contributed by atoms with Gasteiger partial charge in [0.1, 0.15) is 13.7 Å². The molecule has 74 valence electrons. The third-order valence-corrected chi connectivity index (χ3v) is 1.75. The Bertz CT molecular complexity index is 353. The van der Waals surface area contributed by atoms with Gasteiger partial charge < -0.3 is 10.4 Å². The van der Waals surface area contributed by atoms with E-state index in [0.29, 0.717) is 0 Å². The van der Waals surface area contributed by atoms with Crippen molar-refractivity contribution in [3.63, 3.8) is 0 Å². The number of anilines is 1. The fourth-order valence-corrected chi connectivity index (χ4v) is 1.12. The molecule has 0 bridgehead atoms. The van der Waals surface area contributed by atoms with Crippen LogP contribution in [-0.4, -0.2) is 29.9 Å². The Kier molecular flexibility index (Phi) is 3.12. The third-order valence-electron chi connectivity index (χ3n) is 1.75. The predicted octanol–water partition coefficient (Wildman–Crippen LogP) is -0.142. The fraction of sp³-hybridized carbons (Fsp3) is 0.333. The molecule has 1 rings (SSSR count). The van der Waals surface area contributed by atoms with Crippen molar-refractivity contribution in [3.05, 3.63) is 17.8 Å². The van der Waals surface area contributed by atoms with E-state index in [2.05, 4.69) is 10.3 Å². The van der Waals surface area contributed by atoms with Crippen molar-refractivity contribution in [3.8, 4) is 0 Å². The van der Waals surface area contributed by atoms with Crippen LogP contribution in [0.1, 0.15) is 24.2 Å². The highest BCUT2D eigenvalue weighted by Gasteiger charge is 2.06. The summed E-state index contributed by atoms with van der Waals surface area (Å²) in [5, 5.41) is 11.9. The predicted molar refractivity (Wildman–Crippen MR) is 58.1 cm³/mol. The second-order valence-electron chi connectivity index (χ2n) is 3.49. The number of hydrogen-bond acceptors (Lipinski definition) is 3. The monoisotopic (exact) mass is 192 g/mol. The van der Waals surface area contributed by atoms with Gasteiger partial charge in [-0.3, -0.25) is 0 Å². The summed E-state index contributed by atoms with van der Waals surface area (Å²) in [6, 6.07) is 1.90. The van der Waals surface area contributed by atoms with E-state index in [1.807, 2.05) is 21.7 Å². The lowest BCUT2D eigenvalue weighted by atomic mass is 9.95. The van der Waals surface area contributed by atoms with E-state index in [4.69, 9.17) is 5.11 Å². The molecule has 0 saturated heterocycles. The Hall–Kier alpha value is -1.52. The lowest BCUT2D eigenvalue weighted by Crippen LogP contribution is -2.20. The van der Waals surface area contributed by atoms with Gasteiger partial charge in [0.2, 0.25) is 0 Å². The first-order valence-electron chi connectivity index (χ1n) is 4.47. The normalized spacial score (nSPS) is 10.2. The number of rotatable bonds is 3. The van der Waals surface area contributed by atoms with Gasteiger partial charge >= 0.3 is 5.97 Å². The van der Waals surface area contributed by atoms with Gasteiger partial charge in [-0.1, -0.05) is 0 Å². The number of carboxylic acid groups (broad SMARTS) is 1. The molecule has 0 spiro atoms. The average Bonchev–Trinajstić information content (AvgIpc) is 2.07. The summed E-state index contributed by atoms with van der Waals surface area (Å²) in [5.41, 5.74) is 1.07. The molecule has 0 aliphatic heterocycles. The highest BCUT2D eigenvalue weighted by molar-refractivity contribution is 6.35. The molecule has 5 heteroatoms. The number of aromatic carboxylic acids is 1. The van der Waals surface area contributed by atoms with Crippen LogP contribution in [-0.2, 0) is 0 Å². The minimum absolute atomic E-state index is 0.219. The van der Waals surface area contributed by atoms with E-state index >= 15 is 0 Å². The molecule has 0 radical (unpaired) electrons. The van der Waals surface area contributed by atoms with Crippen LogP contribution >= 0.6 is 0 Å². The number of hydrogen-bond donors (Lipinski definition) is 2. The molecule has 2 N–H and O–H groups in total. The van der Waals surface area contributed by atoms with Crippen LogP contribution in [0.3, 0.4) is 0 Å². The Morgan fingerprint density at radius 3 is 2.71 bits per heavy atom. The quantitative estimate of drug-likeness (QED) is 0.654. The molecule has 4 nitrogen and oxygen atoms in total. The van der Waals surface area contributed by atoms with Crippen LogP contribution in [0.4, 0.5) is 5.82 Å². The van der Waals surface area contributed by atoms with Crippen LogP contribution < -0.4 is 10.8 Å². The Morgan fingerprint density at radius 1 is 1.64 bits per heavy atom. The van der Waals surface area contributed by atoms with Crippen molar-refractivity contribution in [2.24, 2.45) is 0 Å². The molecule has 1 aromatic heterocycles. The van der Waals surface area contributed by atoms with Crippen molar-refractivity contribution in [1.82, 2.24) is 4.98 Å². The van der Waals surface area contributed by atoms with Gasteiger partial charge in [0, 0.05) is 12.2 Å². The molecule has 0 aliphatic rings.